The molecule has 0 aliphatic carbocycles. The van der Waals surface area contributed by atoms with E-state index in [0.29, 0.717) is 38.0 Å². The third-order valence-corrected chi connectivity index (χ3v) is 6.03. The van der Waals surface area contributed by atoms with Crippen LogP contribution < -0.4 is 38.9 Å². The predicted octanol–water partition coefficient (Wildman–Crippen LogP) is -2.35. The van der Waals surface area contributed by atoms with Crippen molar-refractivity contribution in [3.05, 3.63) is 0 Å². The third-order valence-electron chi connectivity index (χ3n) is 5.39. The highest BCUT2D eigenvalue weighted by Crippen LogP contribution is 2.07. The number of unbranched alkanes of at least 4 members (excludes halogenated alkanes) is 1. The van der Waals surface area contributed by atoms with Crippen LogP contribution in [0.3, 0.4) is 0 Å². The highest BCUT2D eigenvalue weighted by molar-refractivity contribution is 7.98. The maximum absolute atomic E-state index is 13.2. The second-order valence-corrected chi connectivity index (χ2v) is 9.56. The Morgan fingerprint density at radius 1 is 0.816 bits per heavy atom. The molecule has 0 aliphatic rings. The minimum absolute atomic E-state index is 0.123. The lowest BCUT2D eigenvalue weighted by atomic mass is 10.1. The number of thioether (sulfide) groups is 1. The van der Waals surface area contributed by atoms with E-state index in [0.717, 1.165) is 0 Å². The van der Waals surface area contributed by atoms with Crippen LogP contribution in [0, 0.1) is 0 Å². The Balaban J connectivity index is 5.54. The van der Waals surface area contributed by atoms with Crippen LogP contribution in [0.1, 0.15) is 51.4 Å². The smallest absolute Gasteiger partial charge is 0.326 e. The molecule has 0 saturated carbocycles. The molecule has 0 aliphatic heterocycles. The largest absolute Gasteiger partial charge is 0.481 e. The molecular formula is C22H42N8O7S. The highest BCUT2D eigenvalue weighted by Gasteiger charge is 2.30. The molecule has 0 aromatic heterocycles. The van der Waals surface area contributed by atoms with E-state index in [4.69, 9.17) is 28.0 Å². The Hall–Kier alpha value is -3.11. The molecule has 0 saturated heterocycles. The first-order chi connectivity index (χ1) is 17.9. The van der Waals surface area contributed by atoms with Crippen LogP contribution in [0.5, 0.6) is 0 Å². The fraction of sp³-hybridized carbons (Fsp3) is 0.727. The van der Waals surface area contributed by atoms with E-state index in [1.54, 1.807) is 6.26 Å². The monoisotopic (exact) mass is 562 g/mol. The number of nitrogens with two attached hydrogens (primary N) is 4. The minimum atomic E-state index is -1.45. The summed E-state index contributed by atoms with van der Waals surface area (Å²) in [5, 5.41) is 25.7. The van der Waals surface area contributed by atoms with E-state index >= 15 is 0 Å². The van der Waals surface area contributed by atoms with Crippen molar-refractivity contribution in [3.8, 4) is 0 Å². The molecule has 0 aromatic rings. The van der Waals surface area contributed by atoms with Crippen molar-refractivity contribution >= 4 is 47.4 Å². The Bertz CT molecular complexity index is 811. The number of nitrogens with zero attached hydrogens (tertiary/aromatic N) is 1. The third kappa shape index (κ3) is 15.9. The SMILES string of the molecule is CSCCC(NC(=O)C(CCCN=C(N)N)NC(=O)C(N)CCCCN)C(=O)NC(CCC(=O)O)C(=O)O. The van der Waals surface area contributed by atoms with E-state index in [1.807, 2.05) is 0 Å². The molecule has 0 rings (SSSR count). The topological polar surface area (TPSA) is 278 Å². The number of carboxylic acids is 2. The maximum Gasteiger partial charge on any atom is 0.326 e. The van der Waals surface area contributed by atoms with Crippen LogP contribution >= 0.6 is 11.8 Å². The molecule has 15 nitrogen and oxygen atoms in total. The van der Waals surface area contributed by atoms with Gasteiger partial charge in [0, 0.05) is 13.0 Å². The van der Waals surface area contributed by atoms with E-state index in [-0.39, 0.29) is 31.8 Å². The number of hydrogen-bond acceptors (Lipinski definition) is 9. The molecule has 218 valence electrons. The van der Waals surface area contributed by atoms with Crippen LogP contribution in [-0.4, -0.2) is 95.1 Å². The number of guanidine groups is 1. The lowest BCUT2D eigenvalue weighted by molar-refractivity contribution is -0.143. The number of carbonyl (C=O) groups excluding carboxylic acids is 3. The van der Waals surface area contributed by atoms with Gasteiger partial charge in [0.15, 0.2) is 5.96 Å². The Kier molecular flexibility index (Phi) is 18.3. The summed E-state index contributed by atoms with van der Waals surface area (Å²) in [6.07, 6.45) is 3.33. The summed E-state index contributed by atoms with van der Waals surface area (Å²) < 4.78 is 0. The minimum Gasteiger partial charge on any atom is -0.481 e. The van der Waals surface area contributed by atoms with Gasteiger partial charge in [0.1, 0.15) is 18.1 Å². The van der Waals surface area contributed by atoms with Crippen LogP contribution in [0.2, 0.25) is 0 Å². The van der Waals surface area contributed by atoms with E-state index in [1.165, 1.54) is 11.8 Å². The van der Waals surface area contributed by atoms with Crippen molar-refractivity contribution < 1.29 is 34.2 Å². The van der Waals surface area contributed by atoms with Crippen molar-refractivity contribution in [2.45, 2.75) is 75.5 Å². The van der Waals surface area contributed by atoms with Gasteiger partial charge < -0.3 is 49.1 Å². The molecule has 0 bridgehead atoms. The van der Waals surface area contributed by atoms with Crippen molar-refractivity contribution in [2.24, 2.45) is 27.9 Å². The number of nitrogens with one attached hydrogen (secondary N) is 3. The molecule has 3 amide bonds. The van der Waals surface area contributed by atoms with Gasteiger partial charge in [-0.05, 0) is 57.1 Å². The number of hydrogen-bond donors (Lipinski definition) is 9. The van der Waals surface area contributed by atoms with Gasteiger partial charge in [-0.15, -0.1) is 0 Å². The van der Waals surface area contributed by atoms with Crippen LogP contribution in [0.25, 0.3) is 0 Å². The standard InChI is InChI=1S/C22H42N8O7S/c1-38-12-9-15(20(35)30-16(21(36)37)7-8-17(31)32)29-19(34)14(6-4-11-27-22(25)26)28-18(33)13(24)5-2-3-10-23/h13-16H,2-12,23-24H2,1H3,(H,28,33)(H,29,34)(H,30,35)(H,31,32)(H,36,37)(H4,25,26,27). The number of amides is 3. The summed E-state index contributed by atoms with van der Waals surface area (Å²) in [7, 11) is 0. The first-order valence-electron chi connectivity index (χ1n) is 12.3. The number of aliphatic imine (C=N–C) groups is 1. The predicted molar refractivity (Wildman–Crippen MR) is 144 cm³/mol. The van der Waals surface area contributed by atoms with Gasteiger partial charge in [-0.2, -0.15) is 11.8 Å². The molecule has 16 heteroatoms. The van der Waals surface area contributed by atoms with Gasteiger partial charge >= 0.3 is 11.9 Å². The van der Waals surface area contributed by atoms with E-state index < -0.39 is 60.2 Å². The van der Waals surface area contributed by atoms with Gasteiger partial charge in [0.05, 0.1) is 6.04 Å². The maximum atomic E-state index is 13.2. The number of carbonyl (C=O) groups is 5. The van der Waals surface area contributed by atoms with E-state index in [9.17, 15) is 29.1 Å². The summed E-state index contributed by atoms with van der Waals surface area (Å²) in [6, 6.07) is -4.51. The number of rotatable bonds is 21. The zero-order chi connectivity index (χ0) is 29.1. The Morgan fingerprint density at radius 2 is 1.39 bits per heavy atom. The van der Waals surface area contributed by atoms with Crippen LogP contribution in [-0.2, 0) is 24.0 Å². The van der Waals surface area contributed by atoms with Gasteiger partial charge in [0.25, 0.3) is 0 Å². The zero-order valence-electron chi connectivity index (χ0n) is 21.7. The summed E-state index contributed by atoms with van der Waals surface area (Å²) in [4.78, 5) is 64.8. The first-order valence-corrected chi connectivity index (χ1v) is 13.7. The summed E-state index contributed by atoms with van der Waals surface area (Å²) in [5.41, 5.74) is 22.1. The molecule has 0 heterocycles. The average Bonchev–Trinajstić information content (AvgIpc) is 2.85. The Morgan fingerprint density at radius 3 is 1.92 bits per heavy atom. The van der Waals surface area contributed by atoms with Crippen molar-refractivity contribution in [1.29, 1.82) is 0 Å². The zero-order valence-corrected chi connectivity index (χ0v) is 22.5. The Labute approximate surface area is 226 Å². The fourth-order valence-electron chi connectivity index (χ4n) is 3.27. The second-order valence-electron chi connectivity index (χ2n) is 8.58. The number of aliphatic carboxylic acids is 2. The fourth-order valence-corrected chi connectivity index (χ4v) is 3.74. The normalized spacial score (nSPS) is 13.9. The van der Waals surface area contributed by atoms with Gasteiger partial charge in [-0.1, -0.05) is 6.42 Å². The quantitative estimate of drug-likeness (QED) is 0.0404. The number of carboxylic acid groups (broad SMARTS) is 2. The molecule has 0 aromatic carbocycles. The highest BCUT2D eigenvalue weighted by atomic mass is 32.2. The van der Waals surface area contributed by atoms with Crippen molar-refractivity contribution in [1.82, 2.24) is 16.0 Å². The van der Waals surface area contributed by atoms with E-state index in [2.05, 4.69) is 20.9 Å². The summed E-state index contributed by atoms with van der Waals surface area (Å²) in [5.74, 6) is -4.28. The van der Waals surface area contributed by atoms with Gasteiger partial charge in [0.2, 0.25) is 17.7 Å². The first kappa shape index (κ1) is 34.9. The molecular weight excluding hydrogens is 520 g/mol. The molecule has 0 fully saturated rings. The lowest BCUT2D eigenvalue weighted by Crippen LogP contribution is -2.57. The van der Waals surface area contributed by atoms with Gasteiger partial charge in [-0.3, -0.25) is 24.2 Å². The molecule has 13 N–H and O–H groups in total. The molecule has 0 spiro atoms. The molecule has 4 atom stereocenters. The lowest BCUT2D eigenvalue weighted by Gasteiger charge is -2.25. The molecule has 4 unspecified atom stereocenters. The van der Waals surface area contributed by atoms with Crippen molar-refractivity contribution in [3.63, 3.8) is 0 Å². The van der Waals surface area contributed by atoms with Gasteiger partial charge in [-0.25, -0.2) is 4.79 Å². The molecule has 38 heavy (non-hydrogen) atoms. The second kappa shape index (κ2) is 19.9. The van der Waals surface area contributed by atoms with Crippen molar-refractivity contribution in [2.75, 3.05) is 25.1 Å². The summed E-state index contributed by atoms with van der Waals surface area (Å²) >= 11 is 1.41. The summed E-state index contributed by atoms with van der Waals surface area (Å²) in [6.45, 7) is 0.660. The van der Waals surface area contributed by atoms with Crippen LogP contribution in [0.15, 0.2) is 4.99 Å². The average molecular weight is 563 g/mol. The molecule has 0 radical (unpaired) electrons. The van der Waals surface area contributed by atoms with Crippen LogP contribution in [0.4, 0.5) is 0 Å².